The van der Waals surface area contributed by atoms with Gasteiger partial charge in [-0.2, -0.15) is 0 Å². The van der Waals surface area contributed by atoms with Gasteiger partial charge in [0.25, 0.3) is 0 Å². The predicted molar refractivity (Wildman–Crippen MR) is 103 cm³/mol. The van der Waals surface area contributed by atoms with Crippen LogP contribution in [0, 0.1) is 5.92 Å². The van der Waals surface area contributed by atoms with E-state index in [2.05, 4.69) is 16.8 Å². The van der Waals surface area contributed by atoms with Crippen LogP contribution in [0.1, 0.15) is 49.0 Å². The molecule has 26 heavy (non-hydrogen) atoms. The highest BCUT2D eigenvalue weighted by Gasteiger charge is 2.27. The Hall–Kier alpha value is -1.40. The van der Waals surface area contributed by atoms with Crippen molar-refractivity contribution in [1.29, 1.82) is 0 Å². The fraction of sp³-hybridized carbons (Fsp3) is 0.700. The van der Waals surface area contributed by atoms with Crippen LogP contribution >= 0.6 is 11.3 Å². The van der Waals surface area contributed by atoms with Crippen molar-refractivity contribution in [3.05, 3.63) is 21.9 Å². The van der Waals surface area contributed by atoms with E-state index in [0.29, 0.717) is 25.4 Å². The van der Waals surface area contributed by atoms with Crippen molar-refractivity contribution in [1.82, 2.24) is 15.1 Å². The van der Waals surface area contributed by atoms with Crippen LogP contribution in [0.5, 0.6) is 0 Å². The largest absolute Gasteiger partial charge is 0.343 e. The lowest BCUT2D eigenvalue weighted by Crippen LogP contribution is -2.45. The molecule has 3 heterocycles. The second-order valence-corrected chi connectivity index (χ2v) is 8.94. The van der Waals surface area contributed by atoms with Crippen molar-refractivity contribution in [3.8, 4) is 0 Å². The van der Waals surface area contributed by atoms with Crippen molar-refractivity contribution in [2.45, 2.75) is 57.5 Å². The van der Waals surface area contributed by atoms with Crippen LogP contribution in [0.4, 0.5) is 0 Å². The second-order valence-electron chi connectivity index (χ2n) is 7.94. The molecule has 0 spiro atoms. The molecule has 4 rings (SSSR count). The summed E-state index contributed by atoms with van der Waals surface area (Å²) in [6, 6.07) is 2.68. The van der Waals surface area contributed by atoms with E-state index in [0.717, 1.165) is 51.4 Å². The molecule has 0 atom stereocenters. The molecule has 1 saturated carbocycles. The van der Waals surface area contributed by atoms with Gasteiger partial charge in [-0.1, -0.05) is 0 Å². The van der Waals surface area contributed by atoms with E-state index in [1.807, 2.05) is 9.80 Å². The summed E-state index contributed by atoms with van der Waals surface area (Å²) in [4.78, 5) is 30.2. The summed E-state index contributed by atoms with van der Waals surface area (Å²) in [5.74, 6) is 1.17. The maximum atomic E-state index is 12.5. The van der Waals surface area contributed by atoms with Gasteiger partial charge < -0.3 is 15.1 Å². The van der Waals surface area contributed by atoms with Gasteiger partial charge in [0.2, 0.25) is 11.8 Å². The fourth-order valence-corrected chi connectivity index (χ4v) is 4.87. The van der Waals surface area contributed by atoms with Crippen LogP contribution < -0.4 is 5.32 Å². The van der Waals surface area contributed by atoms with Crippen molar-refractivity contribution in [3.63, 3.8) is 0 Å². The molecule has 2 amide bonds. The standard InChI is InChI=1S/C20H29N3O2S/c24-19(22-9-5-17(6-10-22)21-13-15-1-2-15)3-4-20(25)23-11-7-18-16(14-23)8-12-26-18/h8,12,15,17,21H,1-7,9-11,13-14H2. The molecule has 0 unspecified atom stereocenters. The summed E-state index contributed by atoms with van der Waals surface area (Å²) in [5.41, 5.74) is 1.28. The van der Waals surface area contributed by atoms with Gasteiger partial charge in [0.15, 0.2) is 0 Å². The molecule has 2 aliphatic heterocycles. The van der Waals surface area contributed by atoms with E-state index in [4.69, 9.17) is 0 Å². The van der Waals surface area contributed by atoms with E-state index in [9.17, 15) is 9.59 Å². The molecule has 6 heteroatoms. The maximum Gasteiger partial charge on any atom is 0.223 e. The highest BCUT2D eigenvalue weighted by molar-refractivity contribution is 7.10. The molecule has 1 aromatic rings. The predicted octanol–water partition coefficient (Wildman–Crippen LogP) is 2.40. The molecule has 1 aliphatic carbocycles. The summed E-state index contributed by atoms with van der Waals surface area (Å²) in [6.45, 7) is 4.31. The number of hydrogen-bond acceptors (Lipinski definition) is 4. The van der Waals surface area contributed by atoms with Crippen molar-refractivity contribution >= 4 is 23.2 Å². The van der Waals surface area contributed by atoms with Crippen LogP contribution in [0.25, 0.3) is 0 Å². The second kappa shape index (κ2) is 8.09. The number of likely N-dealkylation sites (tertiary alicyclic amines) is 1. The van der Waals surface area contributed by atoms with Gasteiger partial charge in [0.05, 0.1) is 0 Å². The lowest BCUT2D eigenvalue weighted by molar-refractivity contribution is -0.138. The molecule has 1 N–H and O–H groups in total. The Morgan fingerprint density at radius 2 is 1.77 bits per heavy atom. The van der Waals surface area contributed by atoms with Gasteiger partial charge >= 0.3 is 0 Å². The lowest BCUT2D eigenvalue weighted by Gasteiger charge is -2.33. The number of piperidine rings is 1. The van der Waals surface area contributed by atoms with Crippen molar-refractivity contribution < 1.29 is 9.59 Å². The average molecular weight is 376 g/mol. The molecule has 142 valence electrons. The third-order valence-corrected chi connectivity index (χ3v) is 6.98. The van der Waals surface area contributed by atoms with Gasteiger partial charge in [-0.05, 0) is 61.6 Å². The molecular formula is C20H29N3O2S. The molecule has 0 aromatic carbocycles. The maximum absolute atomic E-state index is 12.5. The third-order valence-electron chi connectivity index (χ3n) is 5.95. The SMILES string of the molecule is O=C(CCC(=O)N1CCc2sccc2C1)N1CCC(NCC2CC2)CC1. The van der Waals surface area contributed by atoms with Gasteiger partial charge in [-0.3, -0.25) is 9.59 Å². The van der Waals surface area contributed by atoms with E-state index in [-0.39, 0.29) is 11.8 Å². The highest BCUT2D eigenvalue weighted by Crippen LogP contribution is 2.28. The first kappa shape index (κ1) is 18.0. The summed E-state index contributed by atoms with van der Waals surface area (Å²) < 4.78 is 0. The molecule has 1 aromatic heterocycles. The smallest absolute Gasteiger partial charge is 0.223 e. The van der Waals surface area contributed by atoms with Gasteiger partial charge in [-0.15, -0.1) is 11.3 Å². The number of thiophene rings is 1. The summed E-state index contributed by atoms with van der Waals surface area (Å²) >= 11 is 1.78. The fourth-order valence-electron chi connectivity index (χ4n) is 3.98. The molecule has 2 fully saturated rings. The first-order chi connectivity index (χ1) is 12.7. The molecular weight excluding hydrogens is 346 g/mol. The Morgan fingerprint density at radius 1 is 1.04 bits per heavy atom. The lowest BCUT2D eigenvalue weighted by atomic mass is 10.0. The van der Waals surface area contributed by atoms with Crippen molar-refractivity contribution in [2.75, 3.05) is 26.2 Å². The Kier molecular flexibility index (Phi) is 5.60. The Balaban J connectivity index is 1.16. The van der Waals surface area contributed by atoms with E-state index in [1.54, 1.807) is 11.3 Å². The van der Waals surface area contributed by atoms with Crippen LogP contribution in [-0.4, -0.2) is 53.8 Å². The van der Waals surface area contributed by atoms with Crippen molar-refractivity contribution in [2.24, 2.45) is 5.92 Å². The van der Waals surface area contributed by atoms with Crippen LogP contribution in [0.3, 0.4) is 0 Å². The monoisotopic (exact) mass is 375 g/mol. The quantitative estimate of drug-likeness (QED) is 0.831. The van der Waals surface area contributed by atoms with Crippen LogP contribution in [0.15, 0.2) is 11.4 Å². The van der Waals surface area contributed by atoms with Crippen LogP contribution in [-0.2, 0) is 22.6 Å². The minimum absolute atomic E-state index is 0.121. The molecule has 0 radical (unpaired) electrons. The molecule has 3 aliphatic rings. The number of hydrogen-bond donors (Lipinski definition) is 1. The van der Waals surface area contributed by atoms with Gasteiger partial charge in [-0.25, -0.2) is 0 Å². The number of nitrogens with one attached hydrogen (secondary N) is 1. The number of fused-ring (bicyclic) bond motifs is 1. The first-order valence-electron chi connectivity index (χ1n) is 10.0. The third kappa shape index (κ3) is 4.46. The van der Waals surface area contributed by atoms with E-state index in [1.165, 1.54) is 23.3 Å². The number of rotatable bonds is 6. The number of amides is 2. The average Bonchev–Trinajstić information content (AvgIpc) is 3.39. The number of carbonyl (C=O) groups excluding carboxylic acids is 2. The Bertz CT molecular complexity index is 647. The zero-order valence-electron chi connectivity index (χ0n) is 15.4. The van der Waals surface area contributed by atoms with Gasteiger partial charge in [0.1, 0.15) is 0 Å². The Morgan fingerprint density at radius 3 is 2.50 bits per heavy atom. The molecule has 5 nitrogen and oxygen atoms in total. The zero-order valence-corrected chi connectivity index (χ0v) is 16.2. The normalized spacial score (nSPS) is 20.9. The summed E-state index contributed by atoms with van der Waals surface area (Å²) in [7, 11) is 0. The number of nitrogens with zero attached hydrogens (tertiary/aromatic N) is 2. The van der Waals surface area contributed by atoms with Crippen LogP contribution in [0.2, 0.25) is 0 Å². The van der Waals surface area contributed by atoms with E-state index >= 15 is 0 Å². The Labute approximate surface area is 159 Å². The summed E-state index contributed by atoms with van der Waals surface area (Å²) in [6.07, 6.45) is 6.49. The zero-order chi connectivity index (χ0) is 17.9. The number of carbonyl (C=O) groups is 2. The highest BCUT2D eigenvalue weighted by atomic mass is 32.1. The molecule has 1 saturated heterocycles. The molecule has 0 bridgehead atoms. The summed E-state index contributed by atoms with van der Waals surface area (Å²) in [5, 5.41) is 5.75. The minimum Gasteiger partial charge on any atom is -0.343 e. The minimum atomic E-state index is 0.121. The van der Waals surface area contributed by atoms with Gasteiger partial charge in [0, 0.05) is 49.9 Å². The first-order valence-corrected chi connectivity index (χ1v) is 10.9. The van der Waals surface area contributed by atoms with E-state index < -0.39 is 0 Å². The topological polar surface area (TPSA) is 52.7 Å².